The summed E-state index contributed by atoms with van der Waals surface area (Å²) in [5.41, 5.74) is 0.456. The third-order valence-corrected chi connectivity index (χ3v) is 7.54. The number of sulfone groups is 1. The Labute approximate surface area is 194 Å². The van der Waals surface area contributed by atoms with Crippen molar-refractivity contribution in [2.45, 2.75) is 32.4 Å². The van der Waals surface area contributed by atoms with Gasteiger partial charge in [0, 0.05) is 24.2 Å². The SMILES string of the molecule is CCOc1cc(C(=O)N2CCC(c3ccccc3F)S(=O)(=O)CC2)cc(OCC)c1OCC. The number of benzene rings is 2. The van der Waals surface area contributed by atoms with Crippen LogP contribution in [0.5, 0.6) is 17.2 Å². The number of halogens is 1. The Hall–Kier alpha value is -2.81. The molecule has 1 amide bonds. The third-order valence-electron chi connectivity index (χ3n) is 5.44. The van der Waals surface area contributed by atoms with Gasteiger partial charge in [0.05, 0.1) is 30.8 Å². The molecule has 1 aliphatic heterocycles. The fourth-order valence-corrected chi connectivity index (χ4v) is 5.73. The zero-order chi connectivity index (χ0) is 24.0. The highest BCUT2D eigenvalue weighted by Crippen LogP contribution is 2.40. The van der Waals surface area contributed by atoms with Crippen molar-refractivity contribution < 1.29 is 31.8 Å². The summed E-state index contributed by atoms with van der Waals surface area (Å²) >= 11 is 0. The Balaban J connectivity index is 1.91. The van der Waals surface area contributed by atoms with E-state index in [1.54, 1.807) is 18.2 Å². The molecule has 0 aromatic heterocycles. The minimum absolute atomic E-state index is 0.0211. The molecule has 1 saturated heterocycles. The van der Waals surface area contributed by atoms with Gasteiger partial charge in [0.15, 0.2) is 21.3 Å². The van der Waals surface area contributed by atoms with Gasteiger partial charge in [-0.25, -0.2) is 12.8 Å². The molecule has 1 unspecified atom stereocenters. The number of hydrogen-bond acceptors (Lipinski definition) is 6. The molecule has 0 spiro atoms. The molecule has 0 N–H and O–H groups in total. The normalized spacial score (nSPS) is 17.8. The van der Waals surface area contributed by atoms with E-state index in [4.69, 9.17) is 14.2 Å². The molecule has 180 valence electrons. The summed E-state index contributed by atoms with van der Waals surface area (Å²) in [4.78, 5) is 14.8. The van der Waals surface area contributed by atoms with E-state index >= 15 is 0 Å². The van der Waals surface area contributed by atoms with Crippen LogP contribution in [-0.2, 0) is 9.84 Å². The van der Waals surface area contributed by atoms with Crippen LogP contribution >= 0.6 is 0 Å². The molecule has 0 bridgehead atoms. The summed E-state index contributed by atoms with van der Waals surface area (Å²) in [7, 11) is -3.64. The van der Waals surface area contributed by atoms with Gasteiger partial charge < -0.3 is 19.1 Å². The molecule has 1 fully saturated rings. The van der Waals surface area contributed by atoms with Crippen molar-refractivity contribution in [1.29, 1.82) is 0 Å². The fourth-order valence-electron chi connectivity index (χ4n) is 3.93. The molecule has 9 heteroatoms. The predicted molar refractivity (Wildman–Crippen MR) is 123 cm³/mol. The lowest BCUT2D eigenvalue weighted by molar-refractivity contribution is 0.0765. The van der Waals surface area contributed by atoms with Crippen LogP contribution in [0, 0.1) is 5.82 Å². The standard InChI is InChI=1S/C24H30FNO6S/c1-4-30-20-15-17(16-21(31-5-2)23(20)32-6-3)24(27)26-12-11-22(33(28,29)14-13-26)18-9-7-8-10-19(18)25/h7-10,15-16,22H,4-6,11-14H2,1-3H3. The third kappa shape index (κ3) is 5.58. The molecule has 2 aromatic carbocycles. The van der Waals surface area contributed by atoms with Crippen LogP contribution in [0.1, 0.15) is 48.4 Å². The van der Waals surface area contributed by atoms with E-state index in [-0.39, 0.29) is 36.7 Å². The topological polar surface area (TPSA) is 82.1 Å². The second kappa shape index (κ2) is 10.9. The quantitative estimate of drug-likeness (QED) is 0.569. The summed E-state index contributed by atoms with van der Waals surface area (Å²) in [5.74, 6) is 0.0617. The maximum Gasteiger partial charge on any atom is 0.254 e. The van der Waals surface area contributed by atoms with Crippen molar-refractivity contribution >= 4 is 15.7 Å². The lowest BCUT2D eigenvalue weighted by Gasteiger charge is -2.22. The highest BCUT2D eigenvalue weighted by molar-refractivity contribution is 7.91. The first kappa shape index (κ1) is 24.8. The number of hydrogen-bond donors (Lipinski definition) is 0. The van der Waals surface area contributed by atoms with Gasteiger partial charge in [-0.1, -0.05) is 18.2 Å². The fraction of sp³-hybridized carbons (Fsp3) is 0.458. The maximum atomic E-state index is 14.3. The van der Waals surface area contributed by atoms with E-state index in [1.807, 2.05) is 20.8 Å². The molecule has 2 aromatic rings. The molecule has 0 radical (unpaired) electrons. The molecule has 0 saturated carbocycles. The molecular formula is C24H30FNO6S. The zero-order valence-electron chi connectivity index (χ0n) is 19.2. The van der Waals surface area contributed by atoms with Crippen LogP contribution in [0.15, 0.2) is 36.4 Å². The van der Waals surface area contributed by atoms with Crippen molar-refractivity contribution in [1.82, 2.24) is 4.90 Å². The van der Waals surface area contributed by atoms with Crippen LogP contribution in [0.3, 0.4) is 0 Å². The zero-order valence-corrected chi connectivity index (χ0v) is 20.0. The number of nitrogens with zero attached hydrogens (tertiary/aromatic N) is 1. The van der Waals surface area contributed by atoms with Gasteiger partial charge in [0.2, 0.25) is 5.75 Å². The van der Waals surface area contributed by atoms with Crippen LogP contribution in [0.2, 0.25) is 0 Å². The lowest BCUT2D eigenvalue weighted by Crippen LogP contribution is -2.33. The van der Waals surface area contributed by atoms with Crippen LogP contribution in [0.25, 0.3) is 0 Å². The van der Waals surface area contributed by atoms with E-state index in [0.717, 1.165) is 0 Å². The largest absolute Gasteiger partial charge is 0.490 e. The second-order valence-electron chi connectivity index (χ2n) is 7.56. The van der Waals surface area contributed by atoms with E-state index in [1.165, 1.54) is 23.1 Å². The summed E-state index contributed by atoms with van der Waals surface area (Å²) in [5, 5.41) is -0.991. The molecular weight excluding hydrogens is 449 g/mol. The number of rotatable bonds is 8. The van der Waals surface area contributed by atoms with E-state index < -0.39 is 20.9 Å². The van der Waals surface area contributed by atoms with Gasteiger partial charge in [0.1, 0.15) is 5.82 Å². The van der Waals surface area contributed by atoms with Gasteiger partial charge in [-0.3, -0.25) is 4.79 Å². The van der Waals surface area contributed by atoms with Gasteiger partial charge in [-0.2, -0.15) is 0 Å². The number of carbonyl (C=O) groups excluding carboxylic acids is 1. The van der Waals surface area contributed by atoms with Gasteiger partial charge in [-0.15, -0.1) is 0 Å². The molecule has 7 nitrogen and oxygen atoms in total. The first-order valence-electron chi connectivity index (χ1n) is 11.1. The number of ether oxygens (including phenoxy) is 3. The number of carbonyl (C=O) groups is 1. The highest BCUT2D eigenvalue weighted by atomic mass is 32.2. The van der Waals surface area contributed by atoms with E-state index in [0.29, 0.717) is 42.6 Å². The predicted octanol–water partition coefficient (Wildman–Crippen LogP) is 4.02. The Morgan fingerprint density at radius 3 is 2.18 bits per heavy atom. The molecule has 1 heterocycles. The lowest BCUT2D eigenvalue weighted by atomic mass is 10.1. The summed E-state index contributed by atoms with van der Waals surface area (Å²) in [6, 6.07) is 9.06. The van der Waals surface area contributed by atoms with Crippen molar-refractivity contribution in [2.75, 3.05) is 38.7 Å². The Kier molecular flexibility index (Phi) is 8.18. The summed E-state index contributed by atoms with van der Waals surface area (Å²) in [6.07, 6.45) is 0.114. The molecule has 3 rings (SSSR count). The number of amides is 1. The minimum atomic E-state index is -3.64. The summed E-state index contributed by atoms with van der Waals surface area (Å²) in [6.45, 7) is 6.83. The Morgan fingerprint density at radius 2 is 1.61 bits per heavy atom. The van der Waals surface area contributed by atoms with Crippen molar-refractivity contribution in [2.24, 2.45) is 0 Å². The Bertz CT molecular complexity index is 1060. The summed E-state index contributed by atoms with van der Waals surface area (Å²) < 4.78 is 57.2. The highest BCUT2D eigenvalue weighted by Gasteiger charge is 2.34. The van der Waals surface area contributed by atoms with Crippen LogP contribution < -0.4 is 14.2 Å². The smallest absolute Gasteiger partial charge is 0.254 e. The van der Waals surface area contributed by atoms with Crippen LogP contribution in [0.4, 0.5) is 4.39 Å². The molecule has 1 aliphatic rings. The monoisotopic (exact) mass is 479 g/mol. The second-order valence-corrected chi connectivity index (χ2v) is 9.86. The van der Waals surface area contributed by atoms with Crippen LogP contribution in [-0.4, -0.2) is 57.9 Å². The average molecular weight is 480 g/mol. The van der Waals surface area contributed by atoms with E-state index in [9.17, 15) is 17.6 Å². The van der Waals surface area contributed by atoms with Gasteiger partial charge >= 0.3 is 0 Å². The van der Waals surface area contributed by atoms with E-state index in [2.05, 4.69) is 0 Å². The van der Waals surface area contributed by atoms with Crippen molar-refractivity contribution in [3.63, 3.8) is 0 Å². The van der Waals surface area contributed by atoms with Gasteiger partial charge in [-0.05, 0) is 45.4 Å². The Morgan fingerprint density at radius 1 is 1.00 bits per heavy atom. The average Bonchev–Trinajstić information content (AvgIpc) is 2.94. The van der Waals surface area contributed by atoms with Gasteiger partial charge in [0.25, 0.3) is 5.91 Å². The maximum absolute atomic E-state index is 14.3. The first-order valence-corrected chi connectivity index (χ1v) is 12.9. The molecule has 33 heavy (non-hydrogen) atoms. The van der Waals surface area contributed by atoms with Crippen molar-refractivity contribution in [3.05, 3.63) is 53.3 Å². The van der Waals surface area contributed by atoms with Crippen molar-refractivity contribution in [3.8, 4) is 17.2 Å². The molecule has 0 aliphatic carbocycles. The minimum Gasteiger partial charge on any atom is -0.490 e. The molecule has 1 atom stereocenters. The first-order chi connectivity index (χ1) is 15.8.